The van der Waals surface area contributed by atoms with E-state index in [1.54, 1.807) is 12.1 Å². The van der Waals surface area contributed by atoms with Crippen LogP contribution in [0.1, 0.15) is 22.8 Å². The van der Waals surface area contributed by atoms with E-state index < -0.39 is 18.6 Å². The predicted molar refractivity (Wildman–Crippen MR) is 104 cm³/mol. The Morgan fingerprint density at radius 1 is 0.750 bits per heavy atom. The molecule has 2 aromatic carbocycles. The van der Waals surface area contributed by atoms with E-state index in [0.717, 1.165) is 16.7 Å². The molecule has 24 heavy (non-hydrogen) atoms. The third-order valence-electron chi connectivity index (χ3n) is 4.01. The maximum absolute atomic E-state index is 10.7. The van der Waals surface area contributed by atoms with E-state index in [9.17, 15) is 5.11 Å². The maximum atomic E-state index is 10.7. The summed E-state index contributed by atoms with van der Waals surface area (Å²) in [5, 5.41) is 10.7. The lowest BCUT2D eigenvalue weighted by molar-refractivity contribution is 0.223. The first-order chi connectivity index (χ1) is 11.0. The van der Waals surface area contributed by atoms with Gasteiger partial charge in [0.1, 0.15) is 6.10 Å². The molecule has 1 atom stereocenters. The summed E-state index contributed by atoms with van der Waals surface area (Å²) in [5.41, 5.74) is 3.14. The van der Waals surface area contributed by atoms with Gasteiger partial charge in [-0.1, -0.05) is 124 Å². The Labute approximate surface area is 174 Å². The van der Waals surface area contributed by atoms with E-state index in [1.807, 2.05) is 30.3 Å². The third kappa shape index (κ3) is 2.73. The molecule has 0 aromatic heterocycles. The first-order valence-electron chi connectivity index (χ1n) is 6.73. The number of aliphatic hydroxyl groups is 1. The second kappa shape index (κ2) is 6.25. The molecular formula is C16H9Cl7O. The highest BCUT2D eigenvalue weighted by atomic mass is 35.6. The summed E-state index contributed by atoms with van der Waals surface area (Å²) in [6.07, 6.45) is -0.941. The predicted octanol–water partition coefficient (Wildman–Crippen LogP) is 6.92. The van der Waals surface area contributed by atoms with Crippen molar-refractivity contribution in [2.75, 3.05) is 0 Å². The zero-order valence-corrected chi connectivity index (χ0v) is 17.0. The van der Waals surface area contributed by atoms with Crippen LogP contribution in [0, 0.1) is 0 Å². The highest BCUT2D eigenvalue weighted by molar-refractivity contribution is 6.78. The molecule has 0 heterocycles. The summed E-state index contributed by atoms with van der Waals surface area (Å²) in [4.78, 5) is 0. The molecule has 0 saturated carbocycles. The molecule has 8 heteroatoms. The number of hydrogen-bond donors (Lipinski definition) is 1. The first-order valence-corrected chi connectivity index (χ1v) is 9.38. The van der Waals surface area contributed by atoms with Crippen molar-refractivity contribution in [2.24, 2.45) is 0 Å². The molecule has 0 amide bonds. The van der Waals surface area contributed by atoms with E-state index in [-0.39, 0.29) is 5.56 Å². The fraction of sp³-hybridized carbons (Fsp3) is 0.250. The van der Waals surface area contributed by atoms with Gasteiger partial charge < -0.3 is 5.11 Å². The van der Waals surface area contributed by atoms with Gasteiger partial charge in [0, 0.05) is 0 Å². The quantitative estimate of drug-likeness (QED) is 0.477. The van der Waals surface area contributed by atoms with Crippen LogP contribution in [-0.2, 0) is 4.33 Å². The Hall–Kier alpha value is 0.430. The Kier molecular flexibility index (Phi) is 5.00. The minimum Gasteiger partial charge on any atom is -0.384 e. The van der Waals surface area contributed by atoms with Gasteiger partial charge in [-0.05, 0) is 27.8 Å². The summed E-state index contributed by atoms with van der Waals surface area (Å²) in [7, 11) is 0. The molecule has 1 aliphatic carbocycles. The van der Waals surface area contributed by atoms with Gasteiger partial charge in [-0.15, -0.1) is 0 Å². The van der Waals surface area contributed by atoms with Crippen molar-refractivity contribution in [3.63, 3.8) is 0 Å². The monoisotopic (exact) mass is 462 g/mol. The number of rotatable bonds is 2. The van der Waals surface area contributed by atoms with Crippen LogP contribution in [0.25, 0.3) is 11.1 Å². The summed E-state index contributed by atoms with van der Waals surface area (Å²) < 4.78 is -6.33. The number of halogens is 7. The molecule has 0 saturated heterocycles. The van der Waals surface area contributed by atoms with Gasteiger partial charge in [0.15, 0.2) is 4.33 Å². The van der Waals surface area contributed by atoms with Crippen molar-refractivity contribution >= 4 is 81.2 Å². The molecule has 1 aliphatic rings. The van der Waals surface area contributed by atoms with Crippen LogP contribution in [0.15, 0.2) is 42.5 Å². The van der Waals surface area contributed by atoms with Crippen LogP contribution in [0.2, 0.25) is 0 Å². The van der Waals surface area contributed by atoms with Crippen molar-refractivity contribution in [2.45, 2.75) is 18.6 Å². The van der Waals surface area contributed by atoms with Gasteiger partial charge >= 0.3 is 0 Å². The minimum atomic E-state index is -2.17. The molecule has 0 fully saturated rings. The Balaban J connectivity index is 2.24. The van der Waals surface area contributed by atoms with E-state index in [1.165, 1.54) is 0 Å². The topological polar surface area (TPSA) is 20.2 Å². The fourth-order valence-corrected chi connectivity index (χ4v) is 4.38. The summed E-state index contributed by atoms with van der Waals surface area (Å²) in [6.45, 7) is 0. The van der Waals surface area contributed by atoms with Crippen LogP contribution in [-0.4, -0.2) is 13.2 Å². The maximum Gasteiger partial charge on any atom is 0.226 e. The molecule has 128 valence electrons. The summed E-state index contributed by atoms with van der Waals surface area (Å²) >= 11 is 43.0. The largest absolute Gasteiger partial charge is 0.384 e. The van der Waals surface area contributed by atoms with Crippen molar-refractivity contribution in [3.05, 3.63) is 59.2 Å². The zero-order chi connectivity index (χ0) is 17.9. The normalized spacial score (nSPS) is 17.6. The average Bonchev–Trinajstić information content (AvgIpc) is 2.80. The van der Waals surface area contributed by atoms with Crippen molar-refractivity contribution in [1.82, 2.24) is 0 Å². The van der Waals surface area contributed by atoms with Gasteiger partial charge in [-0.2, -0.15) is 0 Å². The van der Waals surface area contributed by atoms with Gasteiger partial charge in [-0.25, -0.2) is 0 Å². The van der Waals surface area contributed by atoms with Crippen LogP contribution in [0.5, 0.6) is 0 Å². The fourth-order valence-electron chi connectivity index (χ4n) is 2.85. The highest BCUT2D eigenvalue weighted by Gasteiger charge is 2.61. The number of hydrogen-bond acceptors (Lipinski definition) is 1. The van der Waals surface area contributed by atoms with Crippen molar-refractivity contribution in [1.29, 1.82) is 0 Å². The molecule has 2 aromatic rings. The molecule has 1 nitrogen and oxygen atoms in total. The molecule has 1 unspecified atom stereocenters. The van der Waals surface area contributed by atoms with E-state index in [4.69, 9.17) is 81.2 Å². The summed E-state index contributed by atoms with van der Waals surface area (Å²) in [5.74, 6) is 0. The van der Waals surface area contributed by atoms with Gasteiger partial charge in [0.05, 0.1) is 0 Å². The van der Waals surface area contributed by atoms with Crippen LogP contribution in [0.4, 0.5) is 0 Å². The lowest BCUT2D eigenvalue weighted by atomic mass is 9.96. The van der Waals surface area contributed by atoms with Crippen LogP contribution >= 0.6 is 81.2 Å². The second-order valence-corrected chi connectivity index (χ2v) is 10.3. The lowest BCUT2D eigenvalue weighted by Gasteiger charge is -2.39. The second-order valence-electron chi connectivity index (χ2n) is 5.40. The third-order valence-corrected chi connectivity index (χ3v) is 7.94. The zero-order valence-electron chi connectivity index (χ0n) is 11.7. The molecule has 0 radical (unpaired) electrons. The highest BCUT2D eigenvalue weighted by Crippen LogP contribution is 2.62. The van der Waals surface area contributed by atoms with Gasteiger partial charge in [-0.3, -0.25) is 0 Å². The van der Waals surface area contributed by atoms with Crippen LogP contribution < -0.4 is 0 Å². The smallest absolute Gasteiger partial charge is 0.226 e. The van der Waals surface area contributed by atoms with E-state index in [2.05, 4.69) is 0 Å². The number of benzene rings is 2. The Bertz CT molecular complexity index is 795. The molecule has 0 aliphatic heterocycles. The van der Waals surface area contributed by atoms with E-state index in [0.29, 0.717) is 5.56 Å². The standard InChI is InChI=1S/C16H9Cl7O/c17-14(18,15(19,20)16(21,22)23)11-7-3-6-9-8-4-1-2-5-10(8)13(24)12(9)11/h1-7,13,24H. The molecule has 0 spiro atoms. The molecule has 0 bridgehead atoms. The number of aliphatic hydroxyl groups excluding tert-OH is 1. The number of alkyl halides is 7. The molecule has 1 N–H and O–H groups in total. The first kappa shape index (κ1) is 19.2. The Morgan fingerprint density at radius 2 is 1.33 bits per heavy atom. The number of fused-ring (bicyclic) bond motifs is 3. The molecular weight excluding hydrogens is 456 g/mol. The van der Waals surface area contributed by atoms with Crippen molar-refractivity contribution < 1.29 is 5.11 Å². The average molecular weight is 465 g/mol. The van der Waals surface area contributed by atoms with Gasteiger partial charge in [0.2, 0.25) is 8.13 Å². The molecule has 3 rings (SSSR count). The Morgan fingerprint density at radius 3 is 1.96 bits per heavy atom. The SMILES string of the molecule is OC1c2ccccc2-c2cccc(C(Cl)(Cl)C(Cl)(Cl)C(Cl)(Cl)Cl)c21. The minimum absolute atomic E-state index is 0.281. The summed E-state index contributed by atoms with van der Waals surface area (Å²) in [6, 6.07) is 12.6. The van der Waals surface area contributed by atoms with Crippen LogP contribution in [0.3, 0.4) is 0 Å². The van der Waals surface area contributed by atoms with Gasteiger partial charge in [0.25, 0.3) is 0 Å². The lowest BCUT2D eigenvalue weighted by Crippen LogP contribution is -2.45. The van der Waals surface area contributed by atoms with Crippen molar-refractivity contribution in [3.8, 4) is 11.1 Å². The van der Waals surface area contributed by atoms with E-state index >= 15 is 0 Å².